The number of hydrogen-bond acceptors (Lipinski definition) is 7. The van der Waals surface area contributed by atoms with E-state index in [4.69, 9.17) is 4.74 Å². The van der Waals surface area contributed by atoms with Crippen molar-refractivity contribution in [1.82, 2.24) is 20.1 Å². The van der Waals surface area contributed by atoms with Gasteiger partial charge in [-0.2, -0.15) is 0 Å². The summed E-state index contributed by atoms with van der Waals surface area (Å²) in [7, 11) is 1.61. The zero-order chi connectivity index (χ0) is 20.1. The van der Waals surface area contributed by atoms with Crippen LogP contribution in [0.5, 0.6) is 5.75 Å². The SMILES string of the molecule is COc1ccc(C(=O)N2CCN(c3ccc(Nc4ccncc4)nn3)CC2)cc1. The van der Waals surface area contributed by atoms with Crippen molar-refractivity contribution in [2.45, 2.75) is 0 Å². The smallest absolute Gasteiger partial charge is 0.253 e. The van der Waals surface area contributed by atoms with Gasteiger partial charge in [0, 0.05) is 49.8 Å². The first-order valence-electron chi connectivity index (χ1n) is 9.42. The average Bonchev–Trinajstić information content (AvgIpc) is 2.80. The van der Waals surface area contributed by atoms with Gasteiger partial charge in [-0.15, -0.1) is 10.2 Å². The predicted molar refractivity (Wildman–Crippen MR) is 111 cm³/mol. The molecule has 1 aliphatic heterocycles. The fourth-order valence-electron chi connectivity index (χ4n) is 3.20. The Hall–Kier alpha value is -3.68. The molecule has 3 heterocycles. The second kappa shape index (κ2) is 8.55. The van der Waals surface area contributed by atoms with E-state index in [1.54, 1.807) is 43.8 Å². The van der Waals surface area contributed by atoms with E-state index in [2.05, 4.69) is 25.4 Å². The van der Waals surface area contributed by atoms with E-state index in [1.807, 2.05) is 29.2 Å². The van der Waals surface area contributed by atoms with Crippen LogP contribution in [0.4, 0.5) is 17.3 Å². The van der Waals surface area contributed by atoms with Crippen molar-refractivity contribution >= 4 is 23.2 Å². The van der Waals surface area contributed by atoms with Crippen LogP contribution in [0.3, 0.4) is 0 Å². The van der Waals surface area contributed by atoms with Crippen LogP contribution in [0.25, 0.3) is 0 Å². The highest BCUT2D eigenvalue weighted by Crippen LogP contribution is 2.18. The van der Waals surface area contributed by atoms with Gasteiger partial charge in [-0.3, -0.25) is 9.78 Å². The molecule has 0 unspecified atom stereocenters. The minimum atomic E-state index is 0.0373. The Kier molecular flexibility index (Phi) is 5.51. The molecule has 1 fully saturated rings. The maximum atomic E-state index is 12.7. The highest BCUT2D eigenvalue weighted by Gasteiger charge is 2.23. The van der Waals surface area contributed by atoms with E-state index in [9.17, 15) is 4.79 Å². The number of nitrogens with zero attached hydrogens (tertiary/aromatic N) is 5. The van der Waals surface area contributed by atoms with Crippen LogP contribution in [0.1, 0.15) is 10.4 Å². The fraction of sp³-hybridized carbons (Fsp3) is 0.238. The second-order valence-electron chi connectivity index (χ2n) is 6.65. The molecule has 8 nitrogen and oxygen atoms in total. The minimum absolute atomic E-state index is 0.0373. The molecule has 1 aliphatic rings. The lowest BCUT2D eigenvalue weighted by Crippen LogP contribution is -2.49. The summed E-state index contributed by atoms with van der Waals surface area (Å²) in [4.78, 5) is 20.7. The first-order valence-corrected chi connectivity index (χ1v) is 9.42. The van der Waals surface area contributed by atoms with Crippen LogP contribution in [-0.2, 0) is 0 Å². The van der Waals surface area contributed by atoms with Crippen LogP contribution < -0.4 is 15.0 Å². The lowest BCUT2D eigenvalue weighted by molar-refractivity contribution is 0.0746. The molecule has 1 aromatic carbocycles. The van der Waals surface area contributed by atoms with E-state index in [-0.39, 0.29) is 5.91 Å². The minimum Gasteiger partial charge on any atom is -0.497 e. The van der Waals surface area contributed by atoms with Crippen LogP contribution >= 0.6 is 0 Å². The summed E-state index contributed by atoms with van der Waals surface area (Å²) in [6, 6.07) is 14.8. The Bertz CT molecular complexity index is 939. The van der Waals surface area contributed by atoms with Crippen LogP contribution in [-0.4, -0.2) is 59.3 Å². The van der Waals surface area contributed by atoms with Crippen molar-refractivity contribution < 1.29 is 9.53 Å². The highest BCUT2D eigenvalue weighted by atomic mass is 16.5. The molecule has 0 saturated carbocycles. The summed E-state index contributed by atoms with van der Waals surface area (Å²) in [5.41, 5.74) is 1.58. The van der Waals surface area contributed by atoms with Gasteiger partial charge in [0.2, 0.25) is 0 Å². The lowest BCUT2D eigenvalue weighted by atomic mass is 10.1. The summed E-state index contributed by atoms with van der Waals surface area (Å²) in [6.45, 7) is 2.72. The molecule has 0 atom stereocenters. The van der Waals surface area contributed by atoms with Crippen molar-refractivity contribution in [3.63, 3.8) is 0 Å². The van der Waals surface area contributed by atoms with E-state index in [1.165, 1.54) is 0 Å². The van der Waals surface area contributed by atoms with Gasteiger partial charge in [-0.1, -0.05) is 0 Å². The molecule has 0 aliphatic carbocycles. The zero-order valence-electron chi connectivity index (χ0n) is 16.2. The highest BCUT2D eigenvalue weighted by molar-refractivity contribution is 5.94. The van der Waals surface area contributed by atoms with E-state index in [0.717, 1.165) is 17.3 Å². The molecule has 148 valence electrons. The van der Waals surface area contributed by atoms with Crippen molar-refractivity contribution in [3.05, 3.63) is 66.5 Å². The first-order chi connectivity index (χ1) is 14.2. The van der Waals surface area contributed by atoms with Gasteiger partial charge in [-0.05, 0) is 48.5 Å². The molecular formula is C21H22N6O2. The molecule has 4 rings (SSSR count). The van der Waals surface area contributed by atoms with E-state index in [0.29, 0.717) is 37.6 Å². The maximum absolute atomic E-state index is 12.7. The summed E-state index contributed by atoms with van der Waals surface area (Å²) in [5.74, 6) is 2.26. The number of carbonyl (C=O) groups excluding carboxylic acids is 1. The Morgan fingerprint density at radius 3 is 2.28 bits per heavy atom. The number of ether oxygens (including phenoxy) is 1. The molecule has 2 aromatic heterocycles. The second-order valence-corrected chi connectivity index (χ2v) is 6.65. The Labute approximate surface area is 169 Å². The first kappa shape index (κ1) is 18.7. The standard InChI is InChI=1S/C21H22N6O2/c1-29-18-4-2-16(3-5-18)21(28)27-14-12-26(13-15-27)20-7-6-19(24-25-20)23-17-8-10-22-11-9-17/h2-11H,12-15H2,1H3,(H,22,23,24). The quantitative estimate of drug-likeness (QED) is 0.717. The van der Waals surface area contributed by atoms with Gasteiger partial charge < -0.3 is 19.9 Å². The van der Waals surface area contributed by atoms with Gasteiger partial charge in [0.05, 0.1) is 7.11 Å². The Morgan fingerprint density at radius 2 is 1.66 bits per heavy atom. The van der Waals surface area contributed by atoms with Crippen LogP contribution in [0, 0.1) is 0 Å². The van der Waals surface area contributed by atoms with Crippen molar-refractivity contribution in [2.24, 2.45) is 0 Å². The van der Waals surface area contributed by atoms with Crippen molar-refractivity contribution in [2.75, 3.05) is 43.5 Å². The predicted octanol–water partition coefficient (Wildman–Crippen LogP) is 2.59. The lowest BCUT2D eigenvalue weighted by Gasteiger charge is -2.35. The average molecular weight is 390 g/mol. The number of piperazine rings is 1. The summed E-state index contributed by atoms with van der Waals surface area (Å²) < 4.78 is 5.15. The molecule has 1 amide bonds. The monoisotopic (exact) mass is 390 g/mol. The topological polar surface area (TPSA) is 83.5 Å². The summed E-state index contributed by atoms with van der Waals surface area (Å²) in [5, 5.41) is 11.8. The third kappa shape index (κ3) is 4.43. The molecule has 1 saturated heterocycles. The number of pyridine rings is 1. The van der Waals surface area contributed by atoms with Gasteiger partial charge in [0.1, 0.15) is 5.75 Å². The normalized spacial score (nSPS) is 13.8. The number of rotatable bonds is 5. The van der Waals surface area contributed by atoms with Crippen molar-refractivity contribution in [1.29, 1.82) is 0 Å². The van der Waals surface area contributed by atoms with Crippen LogP contribution in [0.15, 0.2) is 60.9 Å². The van der Waals surface area contributed by atoms with Gasteiger partial charge in [-0.25, -0.2) is 0 Å². The number of carbonyl (C=O) groups is 1. The van der Waals surface area contributed by atoms with Gasteiger partial charge in [0.25, 0.3) is 5.91 Å². The number of aromatic nitrogens is 3. The van der Waals surface area contributed by atoms with Crippen molar-refractivity contribution in [3.8, 4) is 5.75 Å². The largest absolute Gasteiger partial charge is 0.497 e. The third-order valence-electron chi connectivity index (χ3n) is 4.83. The molecule has 3 aromatic rings. The summed E-state index contributed by atoms with van der Waals surface area (Å²) in [6.07, 6.45) is 3.44. The molecule has 0 bridgehead atoms. The van der Waals surface area contributed by atoms with E-state index < -0.39 is 0 Å². The third-order valence-corrected chi connectivity index (χ3v) is 4.83. The Morgan fingerprint density at radius 1 is 0.931 bits per heavy atom. The number of hydrogen-bond donors (Lipinski definition) is 1. The summed E-state index contributed by atoms with van der Waals surface area (Å²) >= 11 is 0. The maximum Gasteiger partial charge on any atom is 0.253 e. The number of amides is 1. The van der Waals surface area contributed by atoms with Gasteiger partial charge in [0.15, 0.2) is 11.6 Å². The van der Waals surface area contributed by atoms with Gasteiger partial charge >= 0.3 is 0 Å². The molecule has 0 spiro atoms. The molecule has 1 N–H and O–H groups in total. The van der Waals surface area contributed by atoms with Crippen LogP contribution in [0.2, 0.25) is 0 Å². The number of methoxy groups -OCH3 is 1. The molecule has 8 heteroatoms. The zero-order valence-corrected chi connectivity index (χ0v) is 16.2. The van der Waals surface area contributed by atoms with E-state index >= 15 is 0 Å². The Balaban J connectivity index is 1.33. The number of benzene rings is 1. The molecule has 29 heavy (non-hydrogen) atoms. The molecular weight excluding hydrogens is 368 g/mol. The fourth-order valence-corrected chi connectivity index (χ4v) is 3.20. The number of anilines is 3. The molecule has 0 radical (unpaired) electrons. The number of nitrogens with one attached hydrogen (secondary N) is 1.